The quantitative estimate of drug-likeness (QED) is 0.433. The van der Waals surface area contributed by atoms with Gasteiger partial charge < -0.3 is 9.30 Å². The Morgan fingerprint density at radius 3 is 2.62 bits per heavy atom. The topological polar surface area (TPSA) is 98.8 Å². The summed E-state index contributed by atoms with van der Waals surface area (Å²) in [4.78, 5) is 22.5. The van der Waals surface area contributed by atoms with E-state index in [2.05, 4.69) is 10.5 Å². The summed E-state index contributed by atoms with van der Waals surface area (Å²) in [5, 5.41) is 15.4. The number of nitrogens with zero attached hydrogens (tertiary/aromatic N) is 3. The molecule has 3 rings (SSSR count). The predicted molar refractivity (Wildman–Crippen MR) is 97.6 cm³/mol. The SMILES string of the molecule is COc1ccc2c(c1)cc(C(=O)N/N=C\c1ccc([N+](=O)[O-])cc1)n2C. The van der Waals surface area contributed by atoms with Crippen LogP contribution in [0.2, 0.25) is 0 Å². The Hall–Kier alpha value is -3.68. The molecule has 1 amide bonds. The molecule has 0 unspecified atom stereocenters. The van der Waals surface area contributed by atoms with E-state index in [1.165, 1.54) is 18.3 Å². The zero-order chi connectivity index (χ0) is 18.7. The summed E-state index contributed by atoms with van der Waals surface area (Å²) in [7, 11) is 3.38. The molecule has 26 heavy (non-hydrogen) atoms. The molecule has 132 valence electrons. The fourth-order valence-electron chi connectivity index (χ4n) is 2.58. The lowest BCUT2D eigenvalue weighted by Gasteiger charge is -2.03. The van der Waals surface area contributed by atoms with Crippen molar-refractivity contribution in [2.24, 2.45) is 12.1 Å². The molecule has 8 nitrogen and oxygen atoms in total. The number of aromatic nitrogens is 1. The lowest BCUT2D eigenvalue weighted by molar-refractivity contribution is -0.384. The molecule has 0 fully saturated rings. The number of hydrogen-bond donors (Lipinski definition) is 1. The summed E-state index contributed by atoms with van der Waals surface area (Å²) in [5.41, 5.74) is 4.45. The number of carbonyl (C=O) groups is 1. The van der Waals surface area contributed by atoms with Gasteiger partial charge in [0.15, 0.2) is 0 Å². The van der Waals surface area contributed by atoms with Gasteiger partial charge in [-0.3, -0.25) is 14.9 Å². The van der Waals surface area contributed by atoms with E-state index < -0.39 is 4.92 Å². The summed E-state index contributed by atoms with van der Waals surface area (Å²) >= 11 is 0. The van der Waals surface area contributed by atoms with Gasteiger partial charge in [0, 0.05) is 30.1 Å². The Bertz CT molecular complexity index is 1010. The van der Waals surface area contributed by atoms with Crippen molar-refractivity contribution in [3.8, 4) is 5.75 Å². The molecule has 3 aromatic rings. The highest BCUT2D eigenvalue weighted by molar-refractivity contribution is 5.99. The van der Waals surface area contributed by atoms with Crippen LogP contribution in [0.1, 0.15) is 16.1 Å². The van der Waals surface area contributed by atoms with E-state index in [1.54, 1.807) is 36.9 Å². The molecule has 0 spiro atoms. The van der Waals surface area contributed by atoms with Crippen LogP contribution >= 0.6 is 0 Å². The second-order valence-corrected chi connectivity index (χ2v) is 5.56. The lowest BCUT2D eigenvalue weighted by atomic mass is 10.2. The van der Waals surface area contributed by atoms with Crippen molar-refractivity contribution < 1.29 is 14.5 Å². The van der Waals surface area contributed by atoms with E-state index in [-0.39, 0.29) is 11.6 Å². The highest BCUT2D eigenvalue weighted by Crippen LogP contribution is 2.23. The number of benzene rings is 2. The summed E-state index contributed by atoms with van der Waals surface area (Å²) in [6, 6.07) is 13.2. The predicted octanol–water partition coefficient (Wildman–Crippen LogP) is 2.86. The molecule has 0 aliphatic rings. The minimum atomic E-state index is -0.474. The fourth-order valence-corrected chi connectivity index (χ4v) is 2.58. The van der Waals surface area contributed by atoms with Crippen molar-refractivity contribution in [3.05, 3.63) is 69.9 Å². The van der Waals surface area contributed by atoms with Gasteiger partial charge in [-0.05, 0) is 42.0 Å². The molecule has 1 aromatic heterocycles. The first-order valence-electron chi connectivity index (χ1n) is 7.71. The first-order valence-corrected chi connectivity index (χ1v) is 7.71. The Balaban J connectivity index is 1.74. The second-order valence-electron chi connectivity index (χ2n) is 5.56. The number of nitro groups is 1. The number of non-ortho nitro benzene ring substituents is 1. The number of hydrazone groups is 1. The van der Waals surface area contributed by atoms with Crippen LogP contribution in [0.4, 0.5) is 5.69 Å². The third kappa shape index (κ3) is 3.39. The number of methoxy groups -OCH3 is 1. The van der Waals surface area contributed by atoms with Gasteiger partial charge in [-0.15, -0.1) is 0 Å². The second kappa shape index (κ2) is 7.06. The van der Waals surface area contributed by atoms with Crippen LogP contribution < -0.4 is 10.2 Å². The van der Waals surface area contributed by atoms with Crippen molar-refractivity contribution in [2.45, 2.75) is 0 Å². The van der Waals surface area contributed by atoms with E-state index in [4.69, 9.17) is 4.74 Å². The lowest BCUT2D eigenvalue weighted by Crippen LogP contribution is -2.20. The van der Waals surface area contributed by atoms with E-state index in [0.29, 0.717) is 17.0 Å². The molecule has 1 N–H and O–H groups in total. The van der Waals surface area contributed by atoms with Gasteiger partial charge in [0.05, 0.1) is 18.2 Å². The number of amides is 1. The van der Waals surface area contributed by atoms with Crippen molar-refractivity contribution >= 4 is 28.7 Å². The largest absolute Gasteiger partial charge is 0.497 e. The zero-order valence-electron chi connectivity index (χ0n) is 14.2. The smallest absolute Gasteiger partial charge is 0.287 e. The molecular weight excluding hydrogens is 336 g/mol. The third-order valence-electron chi connectivity index (χ3n) is 3.97. The number of hydrogen-bond acceptors (Lipinski definition) is 5. The van der Waals surface area contributed by atoms with Gasteiger partial charge in [0.1, 0.15) is 11.4 Å². The summed E-state index contributed by atoms with van der Waals surface area (Å²) in [6.45, 7) is 0. The standard InChI is InChI=1S/C18H16N4O4/c1-21-16-8-7-15(26-2)9-13(16)10-17(21)18(23)20-19-11-12-3-5-14(6-4-12)22(24)25/h3-11H,1-2H3,(H,20,23)/b19-11-. The number of carbonyl (C=O) groups excluding carboxylic acids is 1. The van der Waals surface area contributed by atoms with E-state index in [1.807, 2.05) is 18.2 Å². The molecule has 1 heterocycles. The highest BCUT2D eigenvalue weighted by Gasteiger charge is 2.13. The molecule has 0 radical (unpaired) electrons. The van der Waals surface area contributed by atoms with Crippen molar-refractivity contribution in [1.82, 2.24) is 9.99 Å². The molecule has 0 aliphatic carbocycles. The Morgan fingerprint density at radius 1 is 1.23 bits per heavy atom. The maximum atomic E-state index is 12.4. The molecule has 0 bridgehead atoms. The molecule has 0 atom stereocenters. The molecule has 0 saturated carbocycles. The van der Waals surface area contributed by atoms with Gasteiger partial charge in [0.2, 0.25) is 0 Å². The molecule has 0 saturated heterocycles. The van der Waals surface area contributed by atoms with Gasteiger partial charge in [0.25, 0.3) is 11.6 Å². The summed E-state index contributed by atoms with van der Waals surface area (Å²) in [6.07, 6.45) is 1.42. The van der Waals surface area contributed by atoms with Crippen LogP contribution in [0.15, 0.2) is 53.6 Å². The molecule has 8 heteroatoms. The average Bonchev–Trinajstić information content (AvgIpc) is 2.98. The van der Waals surface area contributed by atoms with E-state index in [9.17, 15) is 14.9 Å². The number of nitrogens with one attached hydrogen (secondary N) is 1. The molecule has 2 aromatic carbocycles. The van der Waals surface area contributed by atoms with Crippen LogP contribution in [0.25, 0.3) is 10.9 Å². The van der Waals surface area contributed by atoms with Crippen LogP contribution in [0, 0.1) is 10.1 Å². The fraction of sp³-hybridized carbons (Fsp3) is 0.111. The molecular formula is C18H16N4O4. The maximum Gasteiger partial charge on any atom is 0.287 e. The van der Waals surface area contributed by atoms with Crippen LogP contribution in [0.3, 0.4) is 0 Å². The summed E-state index contributed by atoms with van der Waals surface area (Å²) in [5.74, 6) is 0.354. The number of aryl methyl sites for hydroxylation is 1. The van der Waals surface area contributed by atoms with Gasteiger partial charge in [-0.1, -0.05) is 0 Å². The van der Waals surface area contributed by atoms with Gasteiger partial charge >= 0.3 is 0 Å². The average molecular weight is 352 g/mol. The number of nitro benzene ring substituents is 1. The first-order chi connectivity index (χ1) is 12.5. The Kier molecular flexibility index (Phi) is 4.66. The monoisotopic (exact) mass is 352 g/mol. The molecule has 0 aliphatic heterocycles. The van der Waals surface area contributed by atoms with Crippen LogP contribution in [-0.2, 0) is 7.05 Å². The normalized spacial score (nSPS) is 11.0. The van der Waals surface area contributed by atoms with Gasteiger partial charge in [-0.25, -0.2) is 5.43 Å². The zero-order valence-corrected chi connectivity index (χ0v) is 14.2. The Morgan fingerprint density at radius 2 is 1.96 bits per heavy atom. The van der Waals surface area contributed by atoms with E-state index >= 15 is 0 Å². The third-order valence-corrected chi connectivity index (χ3v) is 3.97. The number of fused-ring (bicyclic) bond motifs is 1. The number of ether oxygens (including phenoxy) is 1. The minimum absolute atomic E-state index is 0.00267. The summed E-state index contributed by atoms with van der Waals surface area (Å²) < 4.78 is 6.96. The van der Waals surface area contributed by atoms with Crippen molar-refractivity contribution in [2.75, 3.05) is 7.11 Å². The minimum Gasteiger partial charge on any atom is -0.497 e. The van der Waals surface area contributed by atoms with Gasteiger partial charge in [-0.2, -0.15) is 5.10 Å². The van der Waals surface area contributed by atoms with Crippen molar-refractivity contribution in [3.63, 3.8) is 0 Å². The van der Waals surface area contributed by atoms with E-state index in [0.717, 1.165) is 10.9 Å². The number of rotatable bonds is 5. The highest BCUT2D eigenvalue weighted by atomic mass is 16.6. The first kappa shape index (κ1) is 17.2. The Labute approximate surface area is 148 Å². The van der Waals surface area contributed by atoms with Crippen LogP contribution in [0.5, 0.6) is 5.75 Å². The van der Waals surface area contributed by atoms with Crippen LogP contribution in [-0.4, -0.2) is 28.7 Å². The van der Waals surface area contributed by atoms with Crippen molar-refractivity contribution in [1.29, 1.82) is 0 Å². The maximum absolute atomic E-state index is 12.4.